The Bertz CT molecular complexity index is 420. The van der Waals surface area contributed by atoms with Gasteiger partial charge in [-0.1, -0.05) is 37.6 Å². The Kier molecular flexibility index (Phi) is 3.07. The highest BCUT2D eigenvalue weighted by Gasteiger charge is 2.40. The minimum atomic E-state index is -0.612. The molecule has 0 radical (unpaired) electrons. The van der Waals surface area contributed by atoms with Crippen LogP contribution in [0.2, 0.25) is 0 Å². The van der Waals surface area contributed by atoms with Gasteiger partial charge in [0, 0.05) is 0 Å². The van der Waals surface area contributed by atoms with Crippen molar-refractivity contribution in [2.45, 2.75) is 59.0 Å². The first kappa shape index (κ1) is 12.6. The highest BCUT2D eigenvalue weighted by atomic mass is 16.3. The third-order valence-corrected chi connectivity index (χ3v) is 4.10. The number of aryl methyl sites for hydroxylation is 2. The van der Waals surface area contributed by atoms with Gasteiger partial charge in [-0.25, -0.2) is 0 Å². The van der Waals surface area contributed by atoms with Gasteiger partial charge in [-0.3, -0.25) is 0 Å². The molecule has 1 N–H and O–H groups in total. The lowest BCUT2D eigenvalue weighted by Gasteiger charge is -2.42. The Balaban J connectivity index is 2.37. The lowest BCUT2D eigenvalue weighted by Crippen LogP contribution is -2.37. The Morgan fingerprint density at radius 3 is 2.41 bits per heavy atom. The predicted octanol–water partition coefficient (Wildman–Crippen LogP) is 4.09. The molecule has 0 aromatic heterocycles. The molecule has 1 atom stereocenters. The Hall–Kier alpha value is -0.820. The van der Waals surface area contributed by atoms with Crippen molar-refractivity contribution in [3.05, 3.63) is 34.9 Å². The van der Waals surface area contributed by atoms with Crippen molar-refractivity contribution < 1.29 is 5.11 Å². The van der Waals surface area contributed by atoms with Crippen LogP contribution in [0.15, 0.2) is 18.2 Å². The van der Waals surface area contributed by atoms with E-state index in [1.807, 2.05) is 0 Å². The van der Waals surface area contributed by atoms with E-state index >= 15 is 0 Å². The van der Waals surface area contributed by atoms with Gasteiger partial charge in [0.2, 0.25) is 0 Å². The summed E-state index contributed by atoms with van der Waals surface area (Å²) in [5.74, 6) is 0. The van der Waals surface area contributed by atoms with E-state index in [2.05, 4.69) is 45.9 Å². The van der Waals surface area contributed by atoms with Gasteiger partial charge in [0.25, 0.3) is 0 Å². The number of rotatable bonds is 1. The van der Waals surface area contributed by atoms with Crippen molar-refractivity contribution in [1.82, 2.24) is 0 Å². The molecule has 1 aromatic rings. The Morgan fingerprint density at radius 2 is 1.82 bits per heavy atom. The molecule has 1 unspecified atom stereocenters. The molecule has 1 fully saturated rings. The Labute approximate surface area is 105 Å². The van der Waals surface area contributed by atoms with Gasteiger partial charge >= 0.3 is 0 Å². The Morgan fingerprint density at radius 1 is 1.12 bits per heavy atom. The zero-order valence-electron chi connectivity index (χ0n) is 11.5. The van der Waals surface area contributed by atoms with E-state index < -0.39 is 5.60 Å². The molecule has 2 rings (SSSR count). The molecular weight excluding hydrogens is 208 g/mol. The van der Waals surface area contributed by atoms with Crippen molar-refractivity contribution in [3.63, 3.8) is 0 Å². The molecule has 1 saturated carbocycles. The van der Waals surface area contributed by atoms with Crippen LogP contribution >= 0.6 is 0 Å². The second kappa shape index (κ2) is 4.13. The molecule has 17 heavy (non-hydrogen) atoms. The van der Waals surface area contributed by atoms with Gasteiger partial charge in [0.05, 0.1) is 5.60 Å². The van der Waals surface area contributed by atoms with Gasteiger partial charge in [0.1, 0.15) is 0 Å². The monoisotopic (exact) mass is 232 g/mol. The fraction of sp³-hybridized carbons (Fsp3) is 0.625. The quantitative estimate of drug-likeness (QED) is 0.773. The van der Waals surface area contributed by atoms with Crippen LogP contribution in [0.25, 0.3) is 0 Å². The average Bonchev–Trinajstić information content (AvgIpc) is 2.14. The molecule has 0 heterocycles. The molecule has 1 heteroatoms. The number of aliphatic hydroxyl groups is 1. The molecule has 0 spiro atoms. The summed E-state index contributed by atoms with van der Waals surface area (Å²) >= 11 is 0. The summed E-state index contributed by atoms with van der Waals surface area (Å²) in [6, 6.07) is 6.41. The maximum absolute atomic E-state index is 10.9. The second-order valence-electron chi connectivity index (χ2n) is 6.54. The molecule has 1 nitrogen and oxygen atoms in total. The van der Waals surface area contributed by atoms with Crippen molar-refractivity contribution in [2.75, 3.05) is 0 Å². The zero-order valence-corrected chi connectivity index (χ0v) is 11.5. The minimum Gasteiger partial charge on any atom is -0.385 e. The third kappa shape index (κ3) is 2.55. The predicted molar refractivity (Wildman–Crippen MR) is 72.1 cm³/mol. The first-order chi connectivity index (χ1) is 7.82. The highest BCUT2D eigenvalue weighted by molar-refractivity contribution is 5.35. The van der Waals surface area contributed by atoms with E-state index in [1.54, 1.807) is 0 Å². The largest absolute Gasteiger partial charge is 0.385 e. The maximum Gasteiger partial charge on any atom is 0.0904 e. The molecule has 1 aromatic carbocycles. The average molecular weight is 232 g/mol. The maximum atomic E-state index is 10.9. The normalized spacial score (nSPS) is 28.1. The summed E-state index contributed by atoms with van der Waals surface area (Å²) in [5, 5.41) is 10.9. The molecule has 1 aliphatic rings. The van der Waals surface area contributed by atoms with E-state index in [9.17, 15) is 5.11 Å². The highest BCUT2D eigenvalue weighted by Crippen LogP contribution is 2.46. The van der Waals surface area contributed by atoms with Crippen LogP contribution in [0.3, 0.4) is 0 Å². The van der Waals surface area contributed by atoms with E-state index in [0.29, 0.717) is 0 Å². The van der Waals surface area contributed by atoms with E-state index in [-0.39, 0.29) is 5.41 Å². The second-order valence-corrected chi connectivity index (χ2v) is 6.54. The topological polar surface area (TPSA) is 20.2 Å². The van der Waals surface area contributed by atoms with Crippen molar-refractivity contribution in [3.8, 4) is 0 Å². The smallest absolute Gasteiger partial charge is 0.0904 e. The van der Waals surface area contributed by atoms with Crippen LogP contribution < -0.4 is 0 Å². The van der Waals surface area contributed by atoms with E-state index in [4.69, 9.17) is 0 Å². The molecule has 0 aliphatic heterocycles. The molecular formula is C16H24O. The van der Waals surface area contributed by atoms with Crippen LogP contribution in [0, 0.1) is 19.3 Å². The van der Waals surface area contributed by atoms with Crippen molar-refractivity contribution >= 4 is 0 Å². The third-order valence-electron chi connectivity index (χ3n) is 4.10. The standard InChI is InChI=1S/C16H24O/c1-12-6-7-14(13(2)10-12)16(17)9-5-8-15(3,4)11-16/h6-7,10,17H,5,8-9,11H2,1-4H3. The van der Waals surface area contributed by atoms with Crippen molar-refractivity contribution in [1.29, 1.82) is 0 Å². The van der Waals surface area contributed by atoms with E-state index in [0.717, 1.165) is 24.8 Å². The van der Waals surface area contributed by atoms with Crippen LogP contribution in [-0.2, 0) is 5.60 Å². The summed E-state index contributed by atoms with van der Waals surface area (Å²) in [7, 11) is 0. The molecule has 0 bridgehead atoms. The van der Waals surface area contributed by atoms with Gasteiger partial charge < -0.3 is 5.11 Å². The van der Waals surface area contributed by atoms with Gasteiger partial charge in [-0.15, -0.1) is 0 Å². The first-order valence-corrected chi connectivity index (χ1v) is 6.63. The lowest BCUT2D eigenvalue weighted by molar-refractivity contribution is -0.0444. The molecule has 0 saturated heterocycles. The summed E-state index contributed by atoms with van der Waals surface area (Å²) in [5.41, 5.74) is 3.27. The zero-order chi connectivity index (χ0) is 12.7. The number of benzene rings is 1. The summed E-state index contributed by atoms with van der Waals surface area (Å²) in [4.78, 5) is 0. The number of hydrogen-bond acceptors (Lipinski definition) is 1. The summed E-state index contributed by atoms with van der Waals surface area (Å²) < 4.78 is 0. The van der Waals surface area contributed by atoms with Gasteiger partial charge in [0.15, 0.2) is 0 Å². The van der Waals surface area contributed by atoms with Crippen LogP contribution in [0.1, 0.15) is 56.2 Å². The van der Waals surface area contributed by atoms with Crippen molar-refractivity contribution in [2.24, 2.45) is 5.41 Å². The van der Waals surface area contributed by atoms with E-state index in [1.165, 1.54) is 17.5 Å². The van der Waals surface area contributed by atoms with Crippen LogP contribution in [0.5, 0.6) is 0 Å². The first-order valence-electron chi connectivity index (χ1n) is 6.63. The lowest BCUT2D eigenvalue weighted by atomic mass is 9.67. The van der Waals surface area contributed by atoms with Gasteiger partial charge in [-0.05, 0) is 56.1 Å². The van der Waals surface area contributed by atoms with Crippen LogP contribution in [0.4, 0.5) is 0 Å². The van der Waals surface area contributed by atoms with Crippen LogP contribution in [-0.4, -0.2) is 5.11 Å². The summed E-state index contributed by atoms with van der Waals surface area (Å²) in [6.45, 7) is 8.74. The minimum absolute atomic E-state index is 0.254. The summed E-state index contributed by atoms with van der Waals surface area (Å²) in [6.07, 6.45) is 4.13. The molecule has 94 valence electrons. The fourth-order valence-corrected chi connectivity index (χ4v) is 3.39. The SMILES string of the molecule is Cc1ccc(C2(O)CCCC(C)(C)C2)c(C)c1. The number of hydrogen-bond donors (Lipinski definition) is 1. The fourth-order valence-electron chi connectivity index (χ4n) is 3.39. The molecule has 1 aliphatic carbocycles. The van der Waals surface area contributed by atoms with Gasteiger partial charge in [-0.2, -0.15) is 0 Å². The molecule has 0 amide bonds.